The van der Waals surface area contributed by atoms with E-state index in [0.29, 0.717) is 37.8 Å². The Morgan fingerprint density at radius 1 is 0.750 bits per heavy atom. The van der Waals surface area contributed by atoms with E-state index in [1.807, 2.05) is 65.0 Å². The molecular formula is C23H54N4O5P4. The average Bonchev–Trinajstić information content (AvgIpc) is 2.80. The highest BCUT2D eigenvalue weighted by molar-refractivity contribution is 7.61. The van der Waals surface area contributed by atoms with Crippen LogP contribution in [-0.4, -0.2) is 71.4 Å². The van der Waals surface area contributed by atoms with E-state index >= 15 is 0 Å². The molecule has 0 heterocycles. The molecule has 4 unspecified atom stereocenters. The van der Waals surface area contributed by atoms with Crippen molar-refractivity contribution in [1.82, 2.24) is 10.2 Å². The van der Waals surface area contributed by atoms with Crippen molar-refractivity contribution in [3.63, 3.8) is 0 Å². The van der Waals surface area contributed by atoms with E-state index in [2.05, 4.69) is 10.2 Å². The summed E-state index contributed by atoms with van der Waals surface area (Å²) in [5.41, 5.74) is 11.8. The van der Waals surface area contributed by atoms with Gasteiger partial charge < -0.3 is 23.0 Å². The van der Waals surface area contributed by atoms with Gasteiger partial charge in [-0.25, -0.2) is 0 Å². The largest absolute Gasteiger partial charge is 0.383 e. The van der Waals surface area contributed by atoms with E-state index in [1.165, 1.54) is 0 Å². The van der Waals surface area contributed by atoms with Crippen LogP contribution in [0.2, 0.25) is 0 Å². The number of hydrogen-bond donors (Lipinski definition) is 4. The summed E-state index contributed by atoms with van der Waals surface area (Å²) in [5, 5.41) is 5.87. The first-order valence-corrected chi connectivity index (χ1v) is 21.6. The maximum absolute atomic E-state index is 11.5. The molecule has 9 nitrogen and oxygen atoms in total. The lowest BCUT2D eigenvalue weighted by atomic mass is 10.2. The van der Waals surface area contributed by atoms with Crippen LogP contribution in [0.1, 0.15) is 40.2 Å². The van der Waals surface area contributed by atoms with Gasteiger partial charge in [-0.3, -0.25) is 21.2 Å². The third-order valence-corrected chi connectivity index (χ3v) is 12.4. The van der Waals surface area contributed by atoms with Gasteiger partial charge in [-0.1, -0.05) is 65.0 Å². The molecule has 0 amide bonds. The van der Waals surface area contributed by atoms with E-state index in [4.69, 9.17) is 15.7 Å². The highest BCUT2D eigenvalue weighted by Gasteiger charge is 2.12. The lowest BCUT2D eigenvalue weighted by molar-refractivity contribution is 0.204. The molecule has 13 heteroatoms. The van der Waals surface area contributed by atoms with Gasteiger partial charge in [0.2, 0.25) is 0 Å². The fourth-order valence-electron chi connectivity index (χ4n) is 1.95. The van der Waals surface area contributed by atoms with Gasteiger partial charge in [0, 0.05) is 64.5 Å². The van der Waals surface area contributed by atoms with Gasteiger partial charge in [-0.2, -0.15) is 0 Å². The number of ether oxygens (including phenoxy) is 1. The lowest BCUT2D eigenvalue weighted by Crippen LogP contribution is -2.16. The van der Waals surface area contributed by atoms with E-state index in [9.17, 15) is 18.3 Å². The number of methoxy groups -OCH3 is 1. The molecule has 4 atom stereocenters. The quantitative estimate of drug-likeness (QED) is 0.170. The number of hydrogen-bond acceptors (Lipinski definition) is 5. The fraction of sp³-hybridized carbons (Fsp3) is 0.739. The molecule has 0 bridgehead atoms. The van der Waals surface area contributed by atoms with Crippen LogP contribution in [0, 0.1) is 0 Å². The van der Waals surface area contributed by atoms with Crippen molar-refractivity contribution in [2.45, 2.75) is 40.8 Å². The van der Waals surface area contributed by atoms with E-state index in [1.54, 1.807) is 27.1 Å². The van der Waals surface area contributed by atoms with Gasteiger partial charge in [0.1, 0.15) is 29.2 Å². The van der Waals surface area contributed by atoms with Crippen LogP contribution >= 0.6 is 29.2 Å². The van der Waals surface area contributed by atoms with Gasteiger partial charge in [0.25, 0.3) is 0 Å². The smallest absolute Gasteiger partial charge is 0.149 e. The predicted molar refractivity (Wildman–Crippen MR) is 162 cm³/mol. The highest BCUT2D eigenvalue weighted by Crippen LogP contribution is 2.39. The maximum Gasteiger partial charge on any atom is 0.149 e. The van der Waals surface area contributed by atoms with E-state index in [-0.39, 0.29) is 0 Å². The van der Waals surface area contributed by atoms with Crippen molar-refractivity contribution >= 4 is 29.2 Å². The maximum atomic E-state index is 11.5. The van der Waals surface area contributed by atoms with E-state index < -0.39 is 29.2 Å². The summed E-state index contributed by atoms with van der Waals surface area (Å²) < 4.78 is 49.1. The van der Waals surface area contributed by atoms with Crippen LogP contribution in [-0.2, 0) is 29.2 Å². The normalized spacial score (nSPS) is 17.1. The second kappa shape index (κ2) is 21.8. The molecule has 1 aromatic carbocycles. The minimum absolute atomic E-state index is 0.518. The third-order valence-electron chi connectivity index (χ3n) is 4.91. The molecule has 0 spiro atoms. The SMILES string of the molecule is CCNP(C)(=O)CC.CCP(C)(=O)NCCOC.CCP(C)(N)=O.CCP(N)(=O)Cc1ccccc1. The molecule has 0 saturated heterocycles. The molecule has 0 aliphatic heterocycles. The fourth-order valence-corrected chi connectivity index (χ4v) is 4.68. The molecular weight excluding hydrogens is 536 g/mol. The number of benzene rings is 1. The van der Waals surface area contributed by atoms with Crippen LogP contribution in [0.25, 0.3) is 0 Å². The molecule has 0 fully saturated rings. The first-order chi connectivity index (χ1) is 16.4. The minimum Gasteiger partial charge on any atom is -0.383 e. The van der Waals surface area contributed by atoms with Crippen LogP contribution in [0.4, 0.5) is 0 Å². The predicted octanol–water partition coefficient (Wildman–Crippen LogP) is 5.99. The molecule has 0 aromatic heterocycles. The average molecular weight is 591 g/mol. The van der Waals surface area contributed by atoms with Crippen molar-refractivity contribution in [2.75, 3.05) is 71.4 Å². The molecule has 36 heavy (non-hydrogen) atoms. The Labute approximate surface area is 221 Å². The second-order valence-electron chi connectivity index (χ2n) is 8.65. The van der Waals surface area contributed by atoms with Crippen molar-refractivity contribution < 1.29 is 23.0 Å². The zero-order valence-corrected chi connectivity index (χ0v) is 27.6. The van der Waals surface area contributed by atoms with Gasteiger partial charge in [0.05, 0.1) is 6.61 Å². The topological polar surface area (TPSA) is 154 Å². The molecule has 0 radical (unpaired) electrons. The molecule has 1 rings (SSSR count). The Morgan fingerprint density at radius 3 is 1.50 bits per heavy atom. The Morgan fingerprint density at radius 2 is 1.19 bits per heavy atom. The molecule has 6 N–H and O–H groups in total. The lowest BCUT2D eigenvalue weighted by Gasteiger charge is -2.11. The third kappa shape index (κ3) is 30.2. The Bertz CT molecular complexity index is 850. The summed E-state index contributed by atoms with van der Waals surface area (Å²) in [7, 11) is -6.87. The number of nitrogens with one attached hydrogen (secondary N) is 2. The van der Waals surface area contributed by atoms with Crippen molar-refractivity contribution in [1.29, 1.82) is 0 Å². The van der Waals surface area contributed by atoms with Gasteiger partial charge >= 0.3 is 0 Å². The Balaban J connectivity index is -0.000000417. The van der Waals surface area contributed by atoms with Gasteiger partial charge in [-0.15, -0.1) is 0 Å². The Kier molecular flexibility index (Phi) is 24.5. The Hall–Kier alpha value is -0.0600. The molecule has 0 aliphatic carbocycles. The van der Waals surface area contributed by atoms with Crippen LogP contribution in [0.5, 0.6) is 0 Å². The van der Waals surface area contributed by atoms with Crippen molar-refractivity contribution in [3.8, 4) is 0 Å². The van der Waals surface area contributed by atoms with Crippen molar-refractivity contribution in [2.24, 2.45) is 11.0 Å². The zero-order chi connectivity index (χ0) is 28.9. The zero-order valence-electron chi connectivity index (χ0n) is 24.0. The molecule has 0 saturated carbocycles. The van der Waals surface area contributed by atoms with Crippen LogP contribution in [0.15, 0.2) is 30.3 Å². The minimum atomic E-state index is -2.40. The van der Waals surface area contributed by atoms with Gasteiger partial charge in [0.15, 0.2) is 0 Å². The summed E-state index contributed by atoms with van der Waals surface area (Å²) in [6.45, 7) is 16.7. The highest BCUT2D eigenvalue weighted by atomic mass is 31.2. The van der Waals surface area contributed by atoms with E-state index in [0.717, 1.165) is 18.3 Å². The second-order valence-corrected chi connectivity index (χ2v) is 20.8. The van der Waals surface area contributed by atoms with Crippen molar-refractivity contribution in [3.05, 3.63) is 35.9 Å². The summed E-state index contributed by atoms with van der Waals surface area (Å²) in [4.78, 5) is 0. The summed E-state index contributed by atoms with van der Waals surface area (Å²) in [6.07, 6.45) is 3.15. The number of rotatable bonds is 12. The summed E-state index contributed by atoms with van der Waals surface area (Å²) >= 11 is 0. The van der Waals surface area contributed by atoms with Gasteiger partial charge in [-0.05, 0) is 12.1 Å². The molecule has 216 valence electrons. The summed E-state index contributed by atoms with van der Waals surface area (Å²) in [5.74, 6) is 0. The number of nitrogens with two attached hydrogens (primary N) is 2. The molecule has 1 aromatic rings. The van der Waals surface area contributed by atoms with Crippen LogP contribution in [0.3, 0.4) is 0 Å². The standard InChI is InChI=1S/C9H14NOP.C6H16NO2P.C5H14NOP.C3H10NOP/c1-2-12(10,11)8-9-6-4-3-5-7-9;1-4-10(3,8)7-5-6-9-2;1-4-6-8(3,7)5-2;1-3-6(2,4)5/h3-7H,2,8H2,1H3,(H2,10,11);4-6H2,1-3H3,(H,7,8);4-5H2,1-3H3,(H,6,7);3H2,1-2H3,(H2,4,5). The first-order valence-electron chi connectivity index (χ1n) is 12.3. The molecule has 0 aliphatic rings. The first kappa shape index (κ1) is 40.4. The monoisotopic (exact) mass is 590 g/mol. The van der Waals surface area contributed by atoms with Crippen LogP contribution < -0.4 is 21.2 Å². The summed E-state index contributed by atoms with van der Waals surface area (Å²) in [6, 6.07) is 9.72.